The van der Waals surface area contributed by atoms with Gasteiger partial charge in [0.05, 0.1) is 0 Å². The van der Waals surface area contributed by atoms with Gasteiger partial charge in [-0.1, -0.05) is 19.9 Å². The average molecular weight is 186 g/mol. The molecule has 0 heterocycles. The van der Waals surface area contributed by atoms with Gasteiger partial charge < -0.3 is 9.84 Å². The SMILES string of the molecule is C=C(C)C(=O)OC(C)(O)CCCC. The Balaban J connectivity index is 4.00. The van der Waals surface area contributed by atoms with Gasteiger partial charge in [-0.3, -0.25) is 0 Å². The molecular weight excluding hydrogens is 168 g/mol. The van der Waals surface area contributed by atoms with Crippen molar-refractivity contribution < 1.29 is 14.6 Å². The van der Waals surface area contributed by atoms with Crippen LogP contribution in [0.4, 0.5) is 0 Å². The Kier molecular flexibility index (Phi) is 4.70. The van der Waals surface area contributed by atoms with Gasteiger partial charge in [0.2, 0.25) is 5.79 Å². The summed E-state index contributed by atoms with van der Waals surface area (Å²) in [5.74, 6) is -1.90. The molecule has 0 aromatic heterocycles. The lowest BCUT2D eigenvalue weighted by atomic mass is 10.1. The van der Waals surface area contributed by atoms with Gasteiger partial charge in [-0.15, -0.1) is 0 Å². The Hall–Kier alpha value is -0.830. The molecule has 0 saturated heterocycles. The first-order valence-electron chi connectivity index (χ1n) is 4.50. The summed E-state index contributed by atoms with van der Waals surface area (Å²) in [7, 11) is 0. The zero-order valence-electron chi connectivity index (χ0n) is 8.59. The second kappa shape index (κ2) is 5.02. The van der Waals surface area contributed by atoms with E-state index in [1.807, 2.05) is 6.92 Å². The fraction of sp³-hybridized carbons (Fsp3) is 0.700. The molecule has 0 bridgehead atoms. The van der Waals surface area contributed by atoms with Crippen LogP contribution in [-0.4, -0.2) is 16.9 Å². The number of hydrogen-bond acceptors (Lipinski definition) is 3. The highest BCUT2D eigenvalue weighted by Gasteiger charge is 2.24. The van der Waals surface area contributed by atoms with Crippen molar-refractivity contribution in [2.24, 2.45) is 0 Å². The Bertz CT molecular complexity index is 194. The third-order valence-electron chi connectivity index (χ3n) is 1.66. The normalized spacial score (nSPS) is 14.8. The lowest BCUT2D eigenvalue weighted by Gasteiger charge is -2.23. The minimum atomic E-state index is -1.36. The summed E-state index contributed by atoms with van der Waals surface area (Å²) < 4.78 is 4.82. The van der Waals surface area contributed by atoms with E-state index < -0.39 is 11.8 Å². The van der Waals surface area contributed by atoms with Crippen LogP contribution >= 0.6 is 0 Å². The van der Waals surface area contributed by atoms with Gasteiger partial charge in [-0.05, 0) is 13.3 Å². The smallest absolute Gasteiger partial charge is 0.335 e. The van der Waals surface area contributed by atoms with Crippen molar-refractivity contribution in [3.63, 3.8) is 0 Å². The van der Waals surface area contributed by atoms with Crippen molar-refractivity contribution in [3.05, 3.63) is 12.2 Å². The predicted molar refractivity (Wildman–Crippen MR) is 51.1 cm³/mol. The van der Waals surface area contributed by atoms with E-state index in [2.05, 4.69) is 6.58 Å². The molecule has 0 spiro atoms. The van der Waals surface area contributed by atoms with Gasteiger partial charge in [0.1, 0.15) is 0 Å². The van der Waals surface area contributed by atoms with Gasteiger partial charge in [-0.25, -0.2) is 4.79 Å². The summed E-state index contributed by atoms with van der Waals surface area (Å²) in [6, 6.07) is 0. The van der Waals surface area contributed by atoms with Crippen LogP contribution in [0.15, 0.2) is 12.2 Å². The minimum absolute atomic E-state index is 0.303. The third kappa shape index (κ3) is 5.42. The van der Waals surface area contributed by atoms with Crippen molar-refractivity contribution in [3.8, 4) is 0 Å². The van der Waals surface area contributed by atoms with Gasteiger partial charge in [-0.2, -0.15) is 0 Å². The molecule has 76 valence electrons. The summed E-state index contributed by atoms with van der Waals surface area (Å²) in [6.45, 7) is 8.49. The van der Waals surface area contributed by atoms with Crippen molar-refractivity contribution in [2.45, 2.75) is 45.8 Å². The molecule has 1 atom stereocenters. The molecule has 0 fully saturated rings. The van der Waals surface area contributed by atoms with Crippen molar-refractivity contribution >= 4 is 5.97 Å². The fourth-order valence-electron chi connectivity index (χ4n) is 0.843. The maximum Gasteiger partial charge on any atom is 0.335 e. The molecule has 3 heteroatoms. The first-order valence-corrected chi connectivity index (χ1v) is 4.50. The van der Waals surface area contributed by atoms with Crippen LogP contribution < -0.4 is 0 Å². The molecule has 0 radical (unpaired) electrons. The maximum atomic E-state index is 11.0. The largest absolute Gasteiger partial charge is 0.430 e. The van der Waals surface area contributed by atoms with Crippen LogP contribution in [0, 0.1) is 0 Å². The number of rotatable bonds is 5. The number of ether oxygens (including phenoxy) is 1. The van der Waals surface area contributed by atoms with Gasteiger partial charge in [0.15, 0.2) is 0 Å². The van der Waals surface area contributed by atoms with E-state index in [4.69, 9.17) is 4.74 Å². The van der Waals surface area contributed by atoms with Crippen LogP contribution in [0.2, 0.25) is 0 Å². The minimum Gasteiger partial charge on any atom is -0.430 e. The van der Waals surface area contributed by atoms with Gasteiger partial charge in [0, 0.05) is 18.9 Å². The molecule has 0 rings (SSSR count). The summed E-state index contributed by atoms with van der Waals surface area (Å²) in [4.78, 5) is 11.0. The van der Waals surface area contributed by atoms with Crippen LogP contribution in [0.3, 0.4) is 0 Å². The van der Waals surface area contributed by atoms with E-state index in [0.29, 0.717) is 12.0 Å². The standard InChI is InChI=1S/C10H18O3/c1-5-6-7-10(4,12)13-9(11)8(2)3/h12H,2,5-7H2,1,3-4H3. The van der Waals surface area contributed by atoms with E-state index in [-0.39, 0.29) is 0 Å². The quantitative estimate of drug-likeness (QED) is 0.406. The second-order valence-electron chi connectivity index (χ2n) is 3.45. The molecule has 13 heavy (non-hydrogen) atoms. The first-order chi connectivity index (χ1) is 5.89. The first kappa shape index (κ1) is 12.2. The zero-order chi connectivity index (χ0) is 10.5. The van der Waals surface area contributed by atoms with Crippen molar-refractivity contribution in [1.82, 2.24) is 0 Å². The van der Waals surface area contributed by atoms with E-state index in [1.165, 1.54) is 6.92 Å². The highest BCUT2D eigenvalue weighted by molar-refractivity contribution is 5.87. The lowest BCUT2D eigenvalue weighted by Crippen LogP contribution is -2.31. The summed E-state index contributed by atoms with van der Waals surface area (Å²) in [6.07, 6.45) is 2.25. The van der Waals surface area contributed by atoms with Crippen LogP contribution in [0.5, 0.6) is 0 Å². The highest BCUT2D eigenvalue weighted by Crippen LogP contribution is 2.16. The van der Waals surface area contributed by atoms with Crippen molar-refractivity contribution in [2.75, 3.05) is 0 Å². The van der Waals surface area contributed by atoms with Crippen LogP contribution in [-0.2, 0) is 9.53 Å². The predicted octanol–water partition coefficient (Wildman–Crippen LogP) is 2.00. The molecule has 0 saturated carbocycles. The third-order valence-corrected chi connectivity index (χ3v) is 1.66. The summed E-state index contributed by atoms with van der Waals surface area (Å²) in [5.41, 5.74) is 0.303. The Morgan fingerprint density at radius 2 is 2.15 bits per heavy atom. The number of aliphatic hydroxyl groups is 1. The topological polar surface area (TPSA) is 46.5 Å². The number of hydrogen-bond donors (Lipinski definition) is 1. The fourth-order valence-corrected chi connectivity index (χ4v) is 0.843. The maximum absolute atomic E-state index is 11.0. The van der Waals surface area contributed by atoms with Crippen LogP contribution in [0.1, 0.15) is 40.0 Å². The molecule has 0 aliphatic heterocycles. The van der Waals surface area contributed by atoms with E-state index in [1.54, 1.807) is 6.92 Å². The van der Waals surface area contributed by atoms with E-state index in [0.717, 1.165) is 12.8 Å². The monoisotopic (exact) mass is 186 g/mol. The molecule has 3 nitrogen and oxygen atoms in total. The number of esters is 1. The Morgan fingerprint density at radius 1 is 1.62 bits per heavy atom. The number of carbonyl (C=O) groups is 1. The Morgan fingerprint density at radius 3 is 2.54 bits per heavy atom. The van der Waals surface area contributed by atoms with Crippen LogP contribution in [0.25, 0.3) is 0 Å². The molecule has 0 aromatic carbocycles. The molecule has 1 N–H and O–H groups in total. The average Bonchev–Trinajstić information content (AvgIpc) is 2.00. The molecule has 0 aliphatic carbocycles. The molecule has 1 unspecified atom stereocenters. The second-order valence-corrected chi connectivity index (χ2v) is 3.45. The zero-order valence-corrected chi connectivity index (χ0v) is 8.59. The number of carbonyl (C=O) groups excluding carboxylic acids is 1. The lowest BCUT2D eigenvalue weighted by molar-refractivity contribution is -0.200. The van der Waals surface area contributed by atoms with E-state index >= 15 is 0 Å². The highest BCUT2D eigenvalue weighted by atomic mass is 16.7. The molecular formula is C10H18O3. The van der Waals surface area contributed by atoms with Crippen molar-refractivity contribution in [1.29, 1.82) is 0 Å². The van der Waals surface area contributed by atoms with E-state index in [9.17, 15) is 9.90 Å². The summed E-state index contributed by atoms with van der Waals surface area (Å²) in [5, 5.41) is 9.58. The summed E-state index contributed by atoms with van der Waals surface area (Å²) >= 11 is 0. The number of unbranched alkanes of at least 4 members (excludes halogenated alkanes) is 1. The molecule has 0 amide bonds. The molecule has 0 aromatic rings. The van der Waals surface area contributed by atoms with Gasteiger partial charge >= 0.3 is 5.97 Å². The molecule has 0 aliphatic rings. The van der Waals surface area contributed by atoms with Gasteiger partial charge in [0.25, 0.3) is 0 Å². The Labute approximate surface area is 79.4 Å².